The second kappa shape index (κ2) is 7.67. The first-order valence-corrected chi connectivity index (χ1v) is 5.31. The van der Waals surface area contributed by atoms with E-state index in [1.54, 1.807) is 0 Å². The standard InChI is InChI=1S/C8H9O.CH2O3.Na/c1-2-9-8-6-4-3-5-7-8;2-1(3)4;/h2-7H,1H3;(H2,2,3,4);. The summed E-state index contributed by atoms with van der Waals surface area (Å²) < 4.78 is 5.88. The van der Waals surface area contributed by atoms with Gasteiger partial charge in [0, 0.05) is 0 Å². The molecule has 0 heterocycles. The number of benzene rings is 1. The summed E-state index contributed by atoms with van der Waals surface area (Å²) in [6, 6.07) is 9.92. The third-order valence-corrected chi connectivity index (χ3v) is 1.35. The van der Waals surface area contributed by atoms with Crippen molar-refractivity contribution in [1.29, 1.82) is 0 Å². The van der Waals surface area contributed by atoms with Gasteiger partial charge in [0.25, 0.3) is 0 Å². The number of hydrogen-bond acceptors (Lipinski definition) is 2. The van der Waals surface area contributed by atoms with Crippen molar-refractivity contribution in [2.45, 2.75) is 10.3 Å². The molecule has 72 valence electrons. The van der Waals surface area contributed by atoms with Gasteiger partial charge in [-0.1, -0.05) is 0 Å². The number of para-hydroxylation sites is 1. The van der Waals surface area contributed by atoms with Crippen molar-refractivity contribution in [2.75, 3.05) is 0 Å². The third-order valence-electron chi connectivity index (χ3n) is 1.11. The van der Waals surface area contributed by atoms with Crippen molar-refractivity contribution in [3.05, 3.63) is 30.3 Å². The number of hydrogen-bond donors (Lipinski definition) is 2. The molecule has 0 bridgehead atoms. The van der Waals surface area contributed by atoms with Crippen molar-refractivity contribution in [3.8, 4) is 5.75 Å². The van der Waals surface area contributed by atoms with E-state index >= 15 is 0 Å². The number of rotatable bonds is 2. The maximum absolute atomic E-state index is 8.56. The van der Waals surface area contributed by atoms with Crippen molar-refractivity contribution in [1.82, 2.24) is 0 Å². The Morgan fingerprint density at radius 3 is 2.14 bits per heavy atom. The van der Waals surface area contributed by atoms with Gasteiger partial charge in [0.1, 0.15) is 0 Å². The van der Waals surface area contributed by atoms with Crippen LogP contribution in [-0.4, -0.2) is 47.7 Å². The number of carboxylic acid groups (broad SMARTS) is 2. The van der Waals surface area contributed by atoms with E-state index in [9.17, 15) is 0 Å². The second-order valence-electron chi connectivity index (χ2n) is 2.76. The summed E-state index contributed by atoms with van der Waals surface area (Å²) in [6.45, 7) is 2.08. The van der Waals surface area contributed by atoms with E-state index in [0.29, 0.717) is 3.35 Å². The minimum atomic E-state index is -1.83. The summed E-state index contributed by atoms with van der Waals surface area (Å²) in [4.78, 5) is 8.56. The fraction of sp³-hybridized carbons (Fsp3) is 0.222. The average Bonchev–Trinajstić information content (AvgIpc) is 2.03. The molecular weight excluding hydrogens is 195 g/mol. The molecule has 0 saturated heterocycles. The van der Waals surface area contributed by atoms with E-state index < -0.39 is 6.16 Å². The molecule has 1 atom stereocenters. The van der Waals surface area contributed by atoms with E-state index in [2.05, 4.69) is 6.92 Å². The van der Waals surface area contributed by atoms with Gasteiger partial charge in [0.15, 0.2) is 0 Å². The summed E-state index contributed by atoms with van der Waals surface area (Å²) in [5.41, 5.74) is 0. The summed E-state index contributed by atoms with van der Waals surface area (Å²) >= 11 is 1.08. The maximum atomic E-state index is 8.56. The molecule has 1 aromatic carbocycles. The van der Waals surface area contributed by atoms with Crippen molar-refractivity contribution in [3.63, 3.8) is 0 Å². The molecule has 1 rings (SSSR count). The van der Waals surface area contributed by atoms with Crippen LogP contribution in [0.4, 0.5) is 4.79 Å². The minimum absolute atomic E-state index is 0.405. The Balaban J connectivity index is 0.000000364. The molecule has 0 fully saturated rings. The molecule has 0 saturated carbocycles. The van der Waals surface area contributed by atoms with Crippen LogP contribution < -0.4 is 4.74 Å². The Morgan fingerprint density at radius 2 is 1.79 bits per heavy atom. The number of carbonyl (C=O) groups is 1. The molecule has 0 aromatic heterocycles. The fourth-order valence-corrected chi connectivity index (χ4v) is 1.04. The van der Waals surface area contributed by atoms with Crippen LogP contribution in [0.2, 0.25) is 0 Å². The molecule has 2 N–H and O–H groups in total. The summed E-state index contributed by atoms with van der Waals surface area (Å²) in [6.07, 6.45) is -1.83. The summed E-state index contributed by atoms with van der Waals surface area (Å²) in [7, 11) is 0. The smallest absolute Gasteiger partial charge is 0.450 e. The normalized spacial score (nSPS) is 10.8. The largest absolute Gasteiger partial charge is 0.503 e. The monoisotopic (exact) mass is 206 g/mol. The van der Waals surface area contributed by atoms with Gasteiger partial charge < -0.3 is 10.2 Å². The van der Waals surface area contributed by atoms with Crippen molar-refractivity contribution < 1.29 is 19.7 Å². The van der Waals surface area contributed by atoms with Crippen LogP contribution in [0.1, 0.15) is 6.92 Å². The molecule has 4 nitrogen and oxygen atoms in total. The number of ether oxygens (including phenoxy) is 1. The first-order valence-electron chi connectivity index (χ1n) is 4.16. The third kappa shape index (κ3) is 9.38. The van der Waals surface area contributed by atoms with Gasteiger partial charge in [-0.3, -0.25) is 0 Å². The molecular formula is C9H11NaO4. The zero-order valence-corrected chi connectivity index (χ0v) is 10.2. The Morgan fingerprint density at radius 1 is 1.36 bits per heavy atom. The van der Waals surface area contributed by atoms with Gasteiger partial charge in [-0.15, -0.1) is 0 Å². The quantitative estimate of drug-likeness (QED) is 0.724. The molecule has 1 aromatic rings. The van der Waals surface area contributed by atoms with E-state index in [4.69, 9.17) is 19.7 Å². The predicted molar refractivity (Wildman–Crippen MR) is 52.9 cm³/mol. The van der Waals surface area contributed by atoms with E-state index in [-0.39, 0.29) is 0 Å². The zero-order valence-electron chi connectivity index (χ0n) is 8.18. The molecule has 5 heteroatoms. The van der Waals surface area contributed by atoms with Gasteiger partial charge in [-0.2, -0.15) is 0 Å². The average molecular weight is 206 g/mol. The van der Waals surface area contributed by atoms with Gasteiger partial charge in [-0.05, 0) is 0 Å². The zero-order chi connectivity index (χ0) is 11.0. The molecule has 1 unspecified atom stereocenters. The topological polar surface area (TPSA) is 66.8 Å². The van der Waals surface area contributed by atoms with Crippen molar-refractivity contribution in [2.24, 2.45) is 0 Å². The molecule has 0 aliphatic carbocycles. The predicted octanol–water partition coefficient (Wildman–Crippen LogP) is 1.80. The Labute approximate surface area is 99.9 Å². The van der Waals surface area contributed by atoms with Crippen molar-refractivity contribution >= 4 is 34.1 Å². The minimum Gasteiger partial charge on any atom is -0.450 e. The van der Waals surface area contributed by atoms with E-state index in [0.717, 1.165) is 33.7 Å². The van der Waals surface area contributed by atoms with Crippen LogP contribution in [0.25, 0.3) is 0 Å². The second-order valence-corrected chi connectivity index (χ2v) is 4.39. The van der Waals surface area contributed by atoms with Crippen LogP contribution in [0.3, 0.4) is 0 Å². The van der Waals surface area contributed by atoms with Crippen LogP contribution in [0.5, 0.6) is 5.75 Å². The molecule has 0 aliphatic rings. The van der Waals surface area contributed by atoms with Crippen LogP contribution >= 0.6 is 0 Å². The molecule has 0 radical (unpaired) electrons. The van der Waals surface area contributed by atoms with Gasteiger partial charge in [0.05, 0.1) is 0 Å². The molecule has 14 heavy (non-hydrogen) atoms. The maximum Gasteiger partial charge on any atom is 0.503 e. The van der Waals surface area contributed by atoms with E-state index in [1.807, 2.05) is 30.3 Å². The summed E-state index contributed by atoms with van der Waals surface area (Å²) in [5.74, 6) is 0.977. The van der Waals surface area contributed by atoms with Gasteiger partial charge >= 0.3 is 85.2 Å². The SMILES string of the molecule is C[CH]([Na])Oc1ccccc1.O=C(O)O. The Bertz CT molecular complexity index is 257. The van der Waals surface area contributed by atoms with Crippen LogP contribution in [0.15, 0.2) is 30.3 Å². The first kappa shape index (κ1) is 13.3. The van der Waals surface area contributed by atoms with Crippen LogP contribution in [0, 0.1) is 0 Å². The fourth-order valence-electron chi connectivity index (χ4n) is 0.771. The van der Waals surface area contributed by atoms with Gasteiger partial charge in [0.2, 0.25) is 0 Å². The summed E-state index contributed by atoms with van der Waals surface area (Å²) in [5, 5.41) is 13.9. The molecule has 0 aliphatic heterocycles. The van der Waals surface area contributed by atoms with Crippen LogP contribution in [-0.2, 0) is 0 Å². The van der Waals surface area contributed by atoms with E-state index in [1.165, 1.54) is 0 Å². The Hall–Kier alpha value is -0.710. The molecule has 0 spiro atoms. The first-order chi connectivity index (χ1) is 6.52. The Kier molecular flexibility index (Phi) is 7.28. The van der Waals surface area contributed by atoms with Gasteiger partial charge in [-0.25, -0.2) is 4.79 Å². The molecule has 0 amide bonds.